The van der Waals surface area contributed by atoms with Crippen LogP contribution >= 0.6 is 11.8 Å². The van der Waals surface area contributed by atoms with E-state index in [-0.39, 0.29) is 5.91 Å². The number of aromatic amines is 1. The zero-order valence-electron chi connectivity index (χ0n) is 17.1. The summed E-state index contributed by atoms with van der Waals surface area (Å²) in [6, 6.07) is 13.8. The molecule has 5 rings (SSSR count). The van der Waals surface area contributed by atoms with Crippen molar-refractivity contribution in [3.63, 3.8) is 0 Å². The molecule has 9 heteroatoms. The number of carbonyl (C=O) groups is 1. The lowest BCUT2D eigenvalue weighted by Crippen LogP contribution is -2.28. The number of nitriles is 2. The maximum absolute atomic E-state index is 10.4. The van der Waals surface area contributed by atoms with Gasteiger partial charge in [0.15, 0.2) is 0 Å². The molecule has 4 heterocycles. The van der Waals surface area contributed by atoms with Crippen molar-refractivity contribution in [2.45, 2.75) is 29.1 Å². The molecule has 158 valence electrons. The van der Waals surface area contributed by atoms with E-state index in [0.717, 1.165) is 52.2 Å². The second-order valence-electron chi connectivity index (χ2n) is 7.06. The lowest BCUT2D eigenvalue weighted by Gasteiger charge is -2.09. The number of pyridine rings is 1. The van der Waals surface area contributed by atoms with Crippen molar-refractivity contribution in [3.05, 3.63) is 66.2 Å². The molecule has 0 bridgehead atoms. The van der Waals surface area contributed by atoms with Crippen LogP contribution in [0.4, 0.5) is 0 Å². The normalized spacial score (nSPS) is 12.9. The van der Waals surface area contributed by atoms with Crippen LogP contribution in [0.25, 0.3) is 16.6 Å². The first-order valence-corrected chi connectivity index (χ1v) is 10.9. The van der Waals surface area contributed by atoms with Crippen LogP contribution in [0, 0.1) is 22.7 Å². The van der Waals surface area contributed by atoms with Crippen molar-refractivity contribution < 1.29 is 4.79 Å². The first-order valence-electron chi connectivity index (χ1n) is 10.0. The van der Waals surface area contributed by atoms with Crippen LogP contribution in [0.1, 0.15) is 30.4 Å². The Balaban J connectivity index is 0.000000300. The van der Waals surface area contributed by atoms with E-state index in [2.05, 4.69) is 32.8 Å². The van der Waals surface area contributed by atoms with E-state index in [1.54, 1.807) is 29.2 Å². The molecule has 1 aliphatic heterocycles. The van der Waals surface area contributed by atoms with E-state index in [1.165, 1.54) is 11.8 Å². The van der Waals surface area contributed by atoms with Crippen LogP contribution in [0.15, 0.2) is 64.9 Å². The zero-order valence-corrected chi connectivity index (χ0v) is 17.9. The minimum absolute atomic E-state index is 0.214. The van der Waals surface area contributed by atoms with E-state index >= 15 is 0 Å². The molecule has 1 amide bonds. The highest BCUT2D eigenvalue weighted by atomic mass is 32.2. The average molecular weight is 442 g/mol. The predicted molar refractivity (Wildman–Crippen MR) is 120 cm³/mol. The van der Waals surface area contributed by atoms with Crippen molar-refractivity contribution in [1.82, 2.24) is 25.1 Å². The van der Waals surface area contributed by atoms with Gasteiger partial charge in [-0.3, -0.25) is 9.89 Å². The first-order chi connectivity index (χ1) is 15.7. The molecule has 0 atom stereocenters. The van der Waals surface area contributed by atoms with Crippen LogP contribution < -0.4 is 5.32 Å². The molecule has 0 aliphatic carbocycles. The first kappa shape index (κ1) is 21.2. The number of aromatic nitrogens is 4. The summed E-state index contributed by atoms with van der Waals surface area (Å²) in [7, 11) is 0. The van der Waals surface area contributed by atoms with Crippen LogP contribution in [0.3, 0.4) is 0 Å². The molecular weight excluding hydrogens is 422 g/mol. The van der Waals surface area contributed by atoms with Crippen molar-refractivity contribution >= 4 is 23.2 Å². The molecular formula is C23H19N7OS. The fraction of sp³-hybridized carbons (Fsp3) is 0.174. The molecule has 0 unspecified atom stereocenters. The van der Waals surface area contributed by atoms with Gasteiger partial charge in [0.2, 0.25) is 5.91 Å². The monoisotopic (exact) mass is 441 g/mol. The van der Waals surface area contributed by atoms with Gasteiger partial charge in [0.05, 0.1) is 29.0 Å². The molecule has 3 aromatic heterocycles. The number of nitrogens with zero attached hydrogens (tertiary/aromatic N) is 5. The zero-order chi connectivity index (χ0) is 22.3. The summed E-state index contributed by atoms with van der Waals surface area (Å²) >= 11 is 1.45. The number of fused-ring (bicyclic) bond motifs is 1. The summed E-state index contributed by atoms with van der Waals surface area (Å²) in [4.78, 5) is 12.0. The van der Waals surface area contributed by atoms with E-state index in [1.807, 2.05) is 30.5 Å². The molecule has 0 radical (unpaired) electrons. The molecule has 1 aliphatic rings. The Morgan fingerprint density at radius 1 is 1.03 bits per heavy atom. The van der Waals surface area contributed by atoms with E-state index in [0.29, 0.717) is 11.1 Å². The highest BCUT2D eigenvalue weighted by Gasteiger charge is 2.15. The Morgan fingerprint density at radius 2 is 1.88 bits per heavy atom. The van der Waals surface area contributed by atoms with Gasteiger partial charge < -0.3 is 5.32 Å². The molecule has 0 saturated carbocycles. The Morgan fingerprint density at radius 3 is 2.53 bits per heavy atom. The minimum atomic E-state index is 0.214. The smallest absolute Gasteiger partial charge is 0.219 e. The molecule has 32 heavy (non-hydrogen) atoms. The van der Waals surface area contributed by atoms with Crippen LogP contribution in [0.5, 0.6) is 0 Å². The summed E-state index contributed by atoms with van der Waals surface area (Å²) in [5.74, 6) is 0.214. The summed E-state index contributed by atoms with van der Waals surface area (Å²) in [6.07, 6.45) is 9.91. The molecule has 1 aromatic carbocycles. The lowest BCUT2D eigenvalue weighted by atomic mass is 10.1. The average Bonchev–Trinajstić information content (AvgIpc) is 3.50. The summed E-state index contributed by atoms with van der Waals surface area (Å²) in [5, 5.41) is 32.5. The molecule has 1 fully saturated rings. The number of amides is 1. The van der Waals surface area contributed by atoms with Crippen LogP contribution in [0.2, 0.25) is 0 Å². The summed E-state index contributed by atoms with van der Waals surface area (Å²) in [6.45, 7) is 0.888. The number of benzene rings is 1. The van der Waals surface area contributed by atoms with E-state index in [9.17, 15) is 15.3 Å². The van der Waals surface area contributed by atoms with E-state index < -0.39 is 0 Å². The standard InChI is InChI=1S/C18H10N6S.C5H9NO/c19-6-12-3-1-2-4-16(12)25-17-5-13(15-8-21-22-9-15)11-24-18(17)14(7-20)10-23-24;7-5-3-1-2-4-6-5/h1-5,8-11H,(H,21,22);1-4H2,(H,6,7). The SMILES string of the molecule is N#Cc1ccccc1Sc1cc(-c2cn[nH]c2)cn2ncc(C#N)c12.O=C1CCCCN1. The number of hydrogen-bond acceptors (Lipinski definition) is 6. The Labute approximate surface area is 188 Å². The number of H-pyrrole nitrogens is 1. The van der Waals surface area contributed by atoms with Gasteiger partial charge in [0.1, 0.15) is 12.1 Å². The van der Waals surface area contributed by atoms with Crippen molar-refractivity contribution in [1.29, 1.82) is 10.5 Å². The van der Waals surface area contributed by atoms with Gasteiger partial charge in [-0.2, -0.15) is 20.7 Å². The van der Waals surface area contributed by atoms with Crippen molar-refractivity contribution in [2.24, 2.45) is 0 Å². The third-order valence-electron chi connectivity index (χ3n) is 4.91. The number of piperidine rings is 1. The minimum Gasteiger partial charge on any atom is -0.356 e. The highest BCUT2D eigenvalue weighted by Crippen LogP contribution is 2.36. The molecule has 4 aromatic rings. The fourth-order valence-electron chi connectivity index (χ4n) is 3.30. The van der Waals surface area contributed by atoms with Gasteiger partial charge in [-0.15, -0.1) is 0 Å². The summed E-state index contributed by atoms with van der Waals surface area (Å²) in [5.41, 5.74) is 3.66. The molecule has 0 spiro atoms. The Bertz CT molecular complexity index is 1320. The lowest BCUT2D eigenvalue weighted by molar-refractivity contribution is -0.122. The van der Waals surface area contributed by atoms with Gasteiger partial charge in [0.25, 0.3) is 0 Å². The summed E-state index contributed by atoms with van der Waals surface area (Å²) < 4.78 is 1.69. The van der Waals surface area contributed by atoms with Crippen molar-refractivity contribution in [3.8, 4) is 23.3 Å². The second-order valence-corrected chi connectivity index (χ2v) is 8.14. The van der Waals surface area contributed by atoms with Gasteiger partial charge in [-0.1, -0.05) is 23.9 Å². The maximum Gasteiger partial charge on any atom is 0.219 e. The number of hydrogen-bond donors (Lipinski definition) is 2. The van der Waals surface area contributed by atoms with Gasteiger partial charge >= 0.3 is 0 Å². The number of rotatable bonds is 3. The number of carbonyl (C=O) groups excluding carboxylic acids is 1. The van der Waals surface area contributed by atoms with Crippen LogP contribution in [-0.4, -0.2) is 32.3 Å². The Hall–Kier alpha value is -4.08. The third-order valence-corrected chi connectivity index (χ3v) is 6.02. The largest absolute Gasteiger partial charge is 0.356 e. The molecule has 1 saturated heterocycles. The van der Waals surface area contributed by atoms with Gasteiger partial charge in [0, 0.05) is 46.3 Å². The maximum atomic E-state index is 10.4. The van der Waals surface area contributed by atoms with Gasteiger partial charge in [-0.25, -0.2) is 4.52 Å². The molecule has 8 nitrogen and oxygen atoms in total. The predicted octanol–water partition coefficient (Wildman–Crippen LogP) is 3.91. The van der Waals surface area contributed by atoms with Crippen LogP contribution in [-0.2, 0) is 4.79 Å². The third kappa shape index (κ3) is 4.64. The second kappa shape index (κ2) is 9.82. The highest BCUT2D eigenvalue weighted by molar-refractivity contribution is 7.99. The fourth-order valence-corrected chi connectivity index (χ4v) is 4.40. The topological polar surface area (TPSA) is 123 Å². The van der Waals surface area contributed by atoms with Crippen molar-refractivity contribution in [2.75, 3.05) is 6.54 Å². The Kier molecular flexibility index (Phi) is 6.49. The van der Waals surface area contributed by atoms with Gasteiger partial charge in [-0.05, 0) is 31.0 Å². The quantitative estimate of drug-likeness (QED) is 0.497. The number of nitrogens with one attached hydrogen (secondary N) is 2. The van der Waals surface area contributed by atoms with E-state index in [4.69, 9.17) is 0 Å². The molecule has 2 N–H and O–H groups in total.